The van der Waals surface area contributed by atoms with Gasteiger partial charge in [0.2, 0.25) is 10.0 Å². The number of sulfonamides is 1. The normalized spacial score (nSPS) is 20.8. The summed E-state index contributed by atoms with van der Waals surface area (Å²) in [6.07, 6.45) is 0.672. The van der Waals surface area contributed by atoms with Crippen molar-refractivity contribution in [1.82, 2.24) is 4.90 Å². The molecule has 1 aromatic rings. The zero-order chi connectivity index (χ0) is 14.6. The van der Waals surface area contributed by atoms with Crippen molar-refractivity contribution in [1.29, 1.82) is 0 Å². The van der Waals surface area contributed by atoms with E-state index >= 15 is 0 Å². The standard InChI is InChI=1S/C14H22N2O3S/c1-3-10-20(17,18)15-13-6-4-12(5-7-13)14-11-16(2)8-9-19-14/h4-7,14-15H,3,8-11H2,1-2H3. The molecule has 1 aliphatic rings. The van der Waals surface area contributed by atoms with Gasteiger partial charge < -0.3 is 9.64 Å². The Balaban J connectivity index is 2.03. The van der Waals surface area contributed by atoms with E-state index in [-0.39, 0.29) is 11.9 Å². The summed E-state index contributed by atoms with van der Waals surface area (Å²) >= 11 is 0. The molecule has 0 amide bonds. The fraction of sp³-hybridized carbons (Fsp3) is 0.571. The van der Waals surface area contributed by atoms with Gasteiger partial charge in [-0.15, -0.1) is 0 Å². The zero-order valence-electron chi connectivity index (χ0n) is 12.0. The Hall–Kier alpha value is -1.11. The maximum absolute atomic E-state index is 11.7. The van der Waals surface area contributed by atoms with Crippen molar-refractivity contribution in [3.05, 3.63) is 29.8 Å². The molecule has 112 valence electrons. The molecule has 0 radical (unpaired) electrons. The van der Waals surface area contributed by atoms with Gasteiger partial charge in [-0.25, -0.2) is 8.42 Å². The van der Waals surface area contributed by atoms with E-state index in [1.165, 1.54) is 0 Å². The van der Waals surface area contributed by atoms with Gasteiger partial charge in [0.05, 0.1) is 18.5 Å². The highest BCUT2D eigenvalue weighted by atomic mass is 32.2. The Morgan fingerprint density at radius 3 is 2.65 bits per heavy atom. The number of benzene rings is 1. The van der Waals surface area contributed by atoms with Gasteiger partial charge in [-0.1, -0.05) is 19.1 Å². The number of hydrogen-bond acceptors (Lipinski definition) is 4. The van der Waals surface area contributed by atoms with Crippen molar-refractivity contribution in [2.75, 3.05) is 37.2 Å². The Morgan fingerprint density at radius 2 is 2.05 bits per heavy atom. The topological polar surface area (TPSA) is 58.6 Å². The molecule has 0 aromatic heterocycles. The molecular formula is C14H22N2O3S. The summed E-state index contributed by atoms with van der Waals surface area (Å²) in [4.78, 5) is 2.23. The van der Waals surface area contributed by atoms with Crippen LogP contribution in [0.25, 0.3) is 0 Å². The molecule has 0 saturated carbocycles. The number of nitrogens with one attached hydrogen (secondary N) is 1. The lowest BCUT2D eigenvalue weighted by Gasteiger charge is -2.30. The third kappa shape index (κ3) is 4.19. The first-order valence-corrected chi connectivity index (χ1v) is 8.56. The third-order valence-electron chi connectivity index (χ3n) is 3.30. The molecule has 1 saturated heterocycles. The largest absolute Gasteiger partial charge is 0.371 e. The Labute approximate surface area is 121 Å². The quantitative estimate of drug-likeness (QED) is 0.901. The number of hydrogen-bond donors (Lipinski definition) is 1. The number of ether oxygens (including phenoxy) is 1. The van der Waals surface area contributed by atoms with Gasteiger partial charge in [-0.3, -0.25) is 4.72 Å². The third-order valence-corrected chi connectivity index (χ3v) is 4.79. The predicted molar refractivity (Wildman–Crippen MR) is 80.3 cm³/mol. The van der Waals surface area contributed by atoms with E-state index in [9.17, 15) is 8.42 Å². The van der Waals surface area contributed by atoms with Crippen molar-refractivity contribution in [3.63, 3.8) is 0 Å². The van der Waals surface area contributed by atoms with Crippen molar-refractivity contribution < 1.29 is 13.2 Å². The minimum Gasteiger partial charge on any atom is -0.371 e. The summed E-state index contributed by atoms with van der Waals surface area (Å²) in [5.41, 5.74) is 1.68. The van der Waals surface area contributed by atoms with Gasteiger partial charge in [0.25, 0.3) is 0 Å². The maximum Gasteiger partial charge on any atom is 0.232 e. The van der Waals surface area contributed by atoms with Crippen LogP contribution in [0.1, 0.15) is 25.0 Å². The number of anilines is 1. The van der Waals surface area contributed by atoms with Gasteiger partial charge in [-0.2, -0.15) is 0 Å². The molecule has 0 aliphatic carbocycles. The highest BCUT2D eigenvalue weighted by Crippen LogP contribution is 2.23. The summed E-state index contributed by atoms with van der Waals surface area (Å²) in [6.45, 7) is 4.39. The van der Waals surface area contributed by atoms with Crippen LogP contribution in [0.2, 0.25) is 0 Å². The Bertz CT molecular complexity index is 528. The average Bonchev–Trinajstić information content (AvgIpc) is 2.39. The van der Waals surface area contributed by atoms with Crippen LogP contribution in [0.15, 0.2) is 24.3 Å². The molecule has 1 atom stereocenters. The molecule has 20 heavy (non-hydrogen) atoms. The lowest BCUT2D eigenvalue weighted by Crippen LogP contribution is -2.35. The van der Waals surface area contributed by atoms with E-state index in [0.29, 0.717) is 12.1 Å². The van der Waals surface area contributed by atoms with Crippen LogP contribution in [0.3, 0.4) is 0 Å². The molecular weight excluding hydrogens is 276 g/mol. The minimum atomic E-state index is -3.22. The summed E-state index contributed by atoms with van der Waals surface area (Å²) in [7, 11) is -1.15. The lowest BCUT2D eigenvalue weighted by atomic mass is 10.1. The molecule has 0 spiro atoms. The molecule has 1 aliphatic heterocycles. The molecule has 6 heteroatoms. The van der Waals surface area contributed by atoms with Crippen LogP contribution in [0.5, 0.6) is 0 Å². The van der Waals surface area contributed by atoms with E-state index in [0.717, 1.165) is 25.3 Å². The number of rotatable bonds is 5. The SMILES string of the molecule is CCCS(=O)(=O)Nc1ccc(C2CN(C)CCO2)cc1. The van der Waals surface area contributed by atoms with Crippen molar-refractivity contribution in [2.45, 2.75) is 19.4 Å². The highest BCUT2D eigenvalue weighted by Gasteiger charge is 2.19. The predicted octanol–water partition coefficient (Wildman–Crippen LogP) is 1.84. The van der Waals surface area contributed by atoms with Crippen molar-refractivity contribution >= 4 is 15.7 Å². The van der Waals surface area contributed by atoms with Crippen LogP contribution < -0.4 is 4.72 Å². The molecule has 5 nitrogen and oxygen atoms in total. The van der Waals surface area contributed by atoms with Gasteiger partial charge in [0.15, 0.2) is 0 Å². The smallest absolute Gasteiger partial charge is 0.232 e. The van der Waals surface area contributed by atoms with Gasteiger partial charge in [0.1, 0.15) is 0 Å². The molecule has 1 aromatic carbocycles. The number of nitrogens with zero attached hydrogens (tertiary/aromatic N) is 1. The van der Waals surface area contributed by atoms with E-state index in [1.807, 2.05) is 19.1 Å². The van der Waals surface area contributed by atoms with Crippen LogP contribution in [-0.2, 0) is 14.8 Å². The number of morpholine rings is 1. The Kier molecular flexibility index (Phi) is 5.01. The van der Waals surface area contributed by atoms with E-state index in [2.05, 4.69) is 16.7 Å². The lowest BCUT2D eigenvalue weighted by molar-refractivity contribution is -0.0208. The molecule has 1 N–H and O–H groups in total. The summed E-state index contributed by atoms with van der Waals surface area (Å²) in [5.74, 6) is 0.144. The zero-order valence-corrected chi connectivity index (χ0v) is 12.8. The van der Waals surface area contributed by atoms with Crippen LogP contribution >= 0.6 is 0 Å². The van der Waals surface area contributed by atoms with Gasteiger partial charge >= 0.3 is 0 Å². The molecule has 0 bridgehead atoms. The summed E-state index contributed by atoms with van der Waals surface area (Å²) in [6, 6.07) is 7.43. The van der Waals surface area contributed by atoms with E-state index in [4.69, 9.17) is 4.74 Å². The number of likely N-dealkylation sites (N-methyl/N-ethyl adjacent to an activating group) is 1. The van der Waals surface area contributed by atoms with Gasteiger partial charge in [-0.05, 0) is 31.2 Å². The minimum absolute atomic E-state index is 0.0649. The monoisotopic (exact) mass is 298 g/mol. The second kappa shape index (κ2) is 6.56. The fourth-order valence-electron chi connectivity index (χ4n) is 2.24. The van der Waals surface area contributed by atoms with Crippen molar-refractivity contribution in [3.8, 4) is 0 Å². The first-order chi connectivity index (χ1) is 9.50. The highest BCUT2D eigenvalue weighted by molar-refractivity contribution is 7.92. The van der Waals surface area contributed by atoms with E-state index < -0.39 is 10.0 Å². The Morgan fingerprint density at radius 1 is 1.35 bits per heavy atom. The fourth-order valence-corrected chi connectivity index (χ4v) is 3.38. The first kappa shape index (κ1) is 15.3. The second-order valence-electron chi connectivity index (χ2n) is 5.16. The molecule has 1 unspecified atom stereocenters. The van der Waals surface area contributed by atoms with Crippen molar-refractivity contribution in [2.24, 2.45) is 0 Å². The summed E-state index contributed by atoms with van der Waals surface area (Å²) < 4.78 is 31.7. The molecule has 2 rings (SSSR count). The second-order valence-corrected chi connectivity index (χ2v) is 7.01. The van der Waals surface area contributed by atoms with E-state index in [1.54, 1.807) is 12.1 Å². The maximum atomic E-state index is 11.7. The summed E-state index contributed by atoms with van der Waals surface area (Å²) in [5, 5.41) is 0. The van der Waals surface area contributed by atoms with Gasteiger partial charge in [0, 0.05) is 18.8 Å². The molecule has 1 fully saturated rings. The average molecular weight is 298 g/mol. The molecule has 1 heterocycles. The van der Waals surface area contributed by atoms with Crippen LogP contribution in [0, 0.1) is 0 Å². The first-order valence-electron chi connectivity index (χ1n) is 6.91. The van der Waals surface area contributed by atoms with Crippen LogP contribution in [0.4, 0.5) is 5.69 Å². The van der Waals surface area contributed by atoms with Crippen LogP contribution in [-0.4, -0.2) is 45.8 Å².